The van der Waals surface area contributed by atoms with Crippen molar-refractivity contribution in [2.24, 2.45) is 0 Å². The number of para-hydroxylation sites is 2. The molecule has 1 aliphatic heterocycles. The predicted molar refractivity (Wildman–Crippen MR) is 116 cm³/mol. The Morgan fingerprint density at radius 3 is 2.21 bits per heavy atom. The summed E-state index contributed by atoms with van der Waals surface area (Å²) in [5.74, 6) is -0.0138. The lowest BCUT2D eigenvalue weighted by molar-refractivity contribution is 0.0986. The summed E-state index contributed by atoms with van der Waals surface area (Å²) < 4.78 is 0. The maximum absolute atomic E-state index is 13.6. The average molecular weight is 390 g/mol. The first-order valence-corrected chi connectivity index (χ1v) is 9.88. The Labute approximate surface area is 171 Å². The van der Waals surface area contributed by atoms with E-state index in [4.69, 9.17) is 11.6 Å². The molecule has 0 bridgehead atoms. The highest BCUT2D eigenvalue weighted by atomic mass is 35.5. The largest absolute Gasteiger partial charge is 0.339 e. The zero-order valence-electron chi connectivity index (χ0n) is 15.6. The topological polar surface area (TPSA) is 23.6 Å². The maximum atomic E-state index is 13.6. The van der Waals surface area contributed by atoms with E-state index in [-0.39, 0.29) is 5.91 Å². The number of carbonyl (C=O) groups is 1. The lowest BCUT2D eigenvalue weighted by Crippen LogP contribution is -2.29. The third kappa shape index (κ3) is 3.50. The number of hydrogen-bond acceptors (Lipinski definition) is 2. The van der Waals surface area contributed by atoms with Crippen LogP contribution in [0.5, 0.6) is 0 Å². The van der Waals surface area contributed by atoms with Crippen LogP contribution in [0.4, 0.5) is 17.1 Å². The Bertz CT molecular complexity index is 987. The number of anilines is 3. The number of benzene rings is 3. The highest BCUT2D eigenvalue weighted by molar-refractivity contribution is 6.31. The fourth-order valence-electron chi connectivity index (χ4n) is 3.65. The summed E-state index contributed by atoms with van der Waals surface area (Å²) in [6, 6.07) is 23.7. The van der Waals surface area contributed by atoms with Gasteiger partial charge in [-0.1, -0.05) is 67.4 Å². The molecule has 4 rings (SSSR count). The number of unbranched alkanes of at least 4 members (excludes halogenated alkanes) is 1. The smallest absolute Gasteiger partial charge is 0.260 e. The summed E-state index contributed by atoms with van der Waals surface area (Å²) in [4.78, 5) is 17.6. The Balaban J connectivity index is 1.88. The molecule has 0 aromatic heterocycles. The summed E-state index contributed by atoms with van der Waals surface area (Å²) in [7, 11) is 0. The molecule has 141 valence electrons. The van der Waals surface area contributed by atoms with Crippen molar-refractivity contribution in [3.05, 3.63) is 95.9 Å². The predicted octanol–water partition coefficient (Wildman–Crippen LogP) is 6.25. The number of halogens is 1. The normalized spacial score (nSPS) is 13.1. The van der Waals surface area contributed by atoms with Gasteiger partial charge in [-0.05, 0) is 42.3 Å². The molecule has 3 aromatic rings. The fraction of sp³-hybridized carbons (Fsp3) is 0.167. The minimum absolute atomic E-state index is 0.0138. The van der Waals surface area contributed by atoms with E-state index in [1.54, 1.807) is 6.07 Å². The van der Waals surface area contributed by atoms with Gasteiger partial charge in [0, 0.05) is 11.6 Å². The molecule has 0 unspecified atom stereocenters. The minimum atomic E-state index is -0.0138. The molecular weight excluding hydrogens is 368 g/mol. The Morgan fingerprint density at radius 2 is 1.50 bits per heavy atom. The molecule has 1 heterocycles. The number of rotatable bonds is 5. The third-order valence-electron chi connectivity index (χ3n) is 5.00. The first-order chi connectivity index (χ1) is 13.7. The van der Waals surface area contributed by atoms with Crippen LogP contribution in [0.25, 0.3) is 0 Å². The van der Waals surface area contributed by atoms with E-state index in [9.17, 15) is 4.79 Å². The van der Waals surface area contributed by atoms with Gasteiger partial charge in [-0.25, -0.2) is 0 Å². The van der Waals surface area contributed by atoms with E-state index in [1.165, 1.54) is 0 Å². The molecule has 4 heteroatoms. The SMILES string of the molecule is [CH2]CCCN1c2cc(Cl)ccc2C(=O)N(Cc2ccccc2)c2ccccc21. The van der Waals surface area contributed by atoms with Gasteiger partial charge in [0.25, 0.3) is 5.91 Å². The van der Waals surface area contributed by atoms with Crippen molar-refractivity contribution in [1.82, 2.24) is 0 Å². The summed E-state index contributed by atoms with van der Waals surface area (Å²) >= 11 is 6.31. The molecule has 0 fully saturated rings. The molecule has 0 spiro atoms. The average Bonchev–Trinajstić information content (AvgIpc) is 2.81. The van der Waals surface area contributed by atoms with E-state index in [0.29, 0.717) is 17.1 Å². The van der Waals surface area contributed by atoms with Crippen molar-refractivity contribution in [2.45, 2.75) is 19.4 Å². The first-order valence-electron chi connectivity index (χ1n) is 9.50. The van der Waals surface area contributed by atoms with Gasteiger partial charge in [-0.15, -0.1) is 0 Å². The van der Waals surface area contributed by atoms with Gasteiger partial charge in [0.15, 0.2) is 0 Å². The fourth-order valence-corrected chi connectivity index (χ4v) is 3.81. The Hall–Kier alpha value is -2.78. The Kier molecular flexibility index (Phi) is 5.36. The summed E-state index contributed by atoms with van der Waals surface area (Å²) in [5, 5.41) is 0.625. The lowest BCUT2D eigenvalue weighted by Gasteiger charge is -2.27. The molecule has 0 aliphatic carbocycles. The third-order valence-corrected chi connectivity index (χ3v) is 5.24. The number of hydrogen-bond donors (Lipinski definition) is 0. The van der Waals surface area contributed by atoms with Crippen LogP contribution in [-0.4, -0.2) is 12.5 Å². The van der Waals surface area contributed by atoms with Crippen molar-refractivity contribution < 1.29 is 4.79 Å². The van der Waals surface area contributed by atoms with Crippen LogP contribution >= 0.6 is 11.6 Å². The monoisotopic (exact) mass is 389 g/mol. The van der Waals surface area contributed by atoms with Crippen LogP contribution in [0.2, 0.25) is 5.02 Å². The van der Waals surface area contributed by atoms with E-state index < -0.39 is 0 Å². The van der Waals surface area contributed by atoms with Crippen molar-refractivity contribution in [3.63, 3.8) is 0 Å². The van der Waals surface area contributed by atoms with Gasteiger partial charge in [0.2, 0.25) is 0 Å². The molecular formula is C24H22ClN2O. The van der Waals surface area contributed by atoms with Gasteiger partial charge < -0.3 is 9.80 Å². The molecule has 1 aliphatic rings. The summed E-state index contributed by atoms with van der Waals surface area (Å²) in [5.41, 5.74) is 4.54. The second-order valence-electron chi connectivity index (χ2n) is 6.89. The van der Waals surface area contributed by atoms with Crippen molar-refractivity contribution >= 4 is 34.6 Å². The van der Waals surface area contributed by atoms with E-state index in [1.807, 2.05) is 65.6 Å². The second kappa shape index (κ2) is 8.07. The van der Waals surface area contributed by atoms with Crippen LogP contribution < -0.4 is 9.80 Å². The minimum Gasteiger partial charge on any atom is -0.339 e. The Morgan fingerprint density at radius 1 is 0.821 bits per heavy atom. The molecule has 1 radical (unpaired) electrons. The van der Waals surface area contributed by atoms with Gasteiger partial charge in [0.05, 0.1) is 29.2 Å². The van der Waals surface area contributed by atoms with Gasteiger partial charge in [0.1, 0.15) is 0 Å². The molecule has 28 heavy (non-hydrogen) atoms. The number of fused-ring (bicyclic) bond motifs is 2. The van der Waals surface area contributed by atoms with Crippen molar-refractivity contribution in [1.29, 1.82) is 0 Å². The lowest BCUT2D eigenvalue weighted by atomic mass is 10.1. The highest BCUT2D eigenvalue weighted by Gasteiger charge is 2.30. The summed E-state index contributed by atoms with van der Waals surface area (Å²) in [6.07, 6.45) is 1.75. The summed E-state index contributed by atoms with van der Waals surface area (Å²) in [6.45, 7) is 5.27. The van der Waals surface area contributed by atoms with Gasteiger partial charge in [-0.3, -0.25) is 4.79 Å². The van der Waals surface area contributed by atoms with Crippen LogP contribution in [0, 0.1) is 6.92 Å². The standard InChI is InChI=1S/C24H22ClN2O/c1-2-3-15-26-21-11-7-8-12-22(21)27(17-18-9-5-4-6-10-18)24(28)20-14-13-19(25)16-23(20)26/h4-14,16H,1-3,15,17H2. The van der Waals surface area contributed by atoms with Gasteiger partial charge >= 0.3 is 0 Å². The number of carbonyl (C=O) groups excluding carboxylic acids is 1. The maximum Gasteiger partial charge on any atom is 0.260 e. The van der Waals surface area contributed by atoms with Crippen LogP contribution in [-0.2, 0) is 6.54 Å². The molecule has 0 saturated heterocycles. The van der Waals surface area contributed by atoms with E-state index >= 15 is 0 Å². The molecule has 0 N–H and O–H groups in total. The van der Waals surface area contributed by atoms with Gasteiger partial charge in [-0.2, -0.15) is 0 Å². The zero-order valence-corrected chi connectivity index (χ0v) is 16.4. The molecule has 0 atom stereocenters. The highest BCUT2D eigenvalue weighted by Crippen LogP contribution is 2.42. The number of amides is 1. The van der Waals surface area contributed by atoms with E-state index in [0.717, 1.165) is 42.0 Å². The quantitative estimate of drug-likeness (QED) is 0.514. The molecule has 0 saturated carbocycles. The molecule has 3 nitrogen and oxygen atoms in total. The number of nitrogens with zero attached hydrogens (tertiary/aromatic N) is 2. The van der Waals surface area contributed by atoms with Crippen molar-refractivity contribution in [2.75, 3.05) is 16.3 Å². The molecule has 1 amide bonds. The van der Waals surface area contributed by atoms with Crippen LogP contribution in [0.15, 0.2) is 72.8 Å². The first kappa shape index (κ1) is 18.6. The van der Waals surface area contributed by atoms with E-state index in [2.05, 4.69) is 17.9 Å². The second-order valence-corrected chi connectivity index (χ2v) is 7.32. The zero-order chi connectivity index (χ0) is 19.5. The molecule has 3 aromatic carbocycles. The van der Waals surface area contributed by atoms with Crippen molar-refractivity contribution in [3.8, 4) is 0 Å². The van der Waals surface area contributed by atoms with Crippen LogP contribution in [0.3, 0.4) is 0 Å². The van der Waals surface area contributed by atoms with Crippen LogP contribution in [0.1, 0.15) is 28.8 Å².